The minimum Gasteiger partial charge on any atom is -0.481 e. The fourth-order valence-electron chi connectivity index (χ4n) is 3.76. The molecule has 2 rings (SSSR count). The maximum atomic E-state index is 14.4. The summed E-state index contributed by atoms with van der Waals surface area (Å²) in [6, 6.07) is 0. The number of carboxylic acid groups (broad SMARTS) is 1. The van der Waals surface area contributed by atoms with Gasteiger partial charge in [-0.3, -0.25) is 4.79 Å². The second-order valence-electron chi connectivity index (χ2n) is 7.20. The van der Waals surface area contributed by atoms with Crippen LogP contribution in [0.1, 0.15) is 25.0 Å². The Hall–Kier alpha value is -2.10. The summed E-state index contributed by atoms with van der Waals surface area (Å²) in [4.78, 5) is 11.8. The highest BCUT2D eigenvalue weighted by Crippen LogP contribution is 2.71. The number of ether oxygens (including phenoxy) is 1. The van der Waals surface area contributed by atoms with E-state index < -0.39 is 76.3 Å². The number of rotatable bonds is 6. The average Bonchev–Trinajstić information content (AvgIpc) is 3.06. The molecule has 0 spiro atoms. The van der Waals surface area contributed by atoms with Crippen LogP contribution in [0.15, 0.2) is 12.2 Å². The molecular weight excluding hydrogens is 397 g/mol. The van der Waals surface area contributed by atoms with Crippen molar-refractivity contribution in [2.24, 2.45) is 16.7 Å². The summed E-state index contributed by atoms with van der Waals surface area (Å²) in [6.45, 7) is 1.83. The topological polar surface area (TPSA) is 46.5 Å². The van der Waals surface area contributed by atoms with Crippen molar-refractivity contribution in [2.45, 2.75) is 33.1 Å². The van der Waals surface area contributed by atoms with Crippen LogP contribution in [-0.2, 0) is 22.6 Å². The molecule has 1 aliphatic rings. The average molecular weight is 414 g/mol. The Balaban J connectivity index is 2.56. The lowest BCUT2D eigenvalue weighted by molar-refractivity contribution is -0.145. The Bertz CT molecular complexity index is 800. The zero-order chi connectivity index (χ0) is 21.7. The number of hydrogen-bond donors (Lipinski definition) is 1. The van der Waals surface area contributed by atoms with Crippen molar-refractivity contribution in [1.82, 2.24) is 0 Å². The van der Waals surface area contributed by atoms with Gasteiger partial charge in [0.2, 0.25) is 0 Å². The van der Waals surface area contributed by atoms with E-state index in [4.69, 9.17) is 0 Å². The SMILES string of the molecule is COCc1c(F)c(F)c(C[C@@]2(C(=O)O)C(/C=C/C(F)(F)F)C2(C)C)c(F)c1F. The van der Waals surface area contributed by atoms with Gasteiger partial charge in [0.15, 0.2) is 23.3 Å². The van der Waals surface area contributed by atoms with Crippen LogP contribution >= 0.6 is 0 Å². The Morgan fingerprint density at radius 2 is 1.54 bits per heavy atom. The zero-order valence-electron chi connectivity index (χ0n) is 15.1. The first kappa shape index (κ1) is 22.2. The predicted molar refractivity (Wildman–Crippen MR) is 83.2 cm³/mol. The summed E-state index contributed by atoms with van der Waals surface area (Å²) in [5.74, 6) is -9.97. The fraction of sp³-hybridized carbons (Fsp3) is 0.500. The molecule has 1 unspecified atom stereocenters. The van der Waals surface area contributed by atoms with E-state index in [1.807, 2.05) is 0 Å². The summed E-state index contributed by atoms with van der Waals surface area (Å²) in [5, 5.41) is 9.59. The summed E-state index contributed by atoms with van der Waals surface area (Å²) < 4.78 is 98.8. The molecule has 1 fully saturated rings. The zero-order valence-corrected chi connectivity index (χ0v) is 15.1. The van der Waals surface area contributed by atoms with Crippen molar-refractivity contribution in [3.8, 4) is 0 Å². The fourth-order valence-corrected chi connectivity index (χ4v) is 3.76. The quantitative estimate of drug-likeness (QED) is 0.414. The Labute approximate surface area is 155 Å². The van der Waals surface area contributed by atoms with E-state index in [1.165, 1.54) is 13.8 Å². The Morgan fingerprint density at radius 1 is 1.07 bits per heavy atom. The van der Waals surface area contributed by atoms with Gasteiger partial charge in [0.25, 0.3) is 0 Å². The first-order valence-corrected chi connectivity index (χ1v) is 8.04. The number of hydrogen-bond acceptors (Lipinski definition) is 2. The maximum Gasteiger partial charge on any atom is 0.409 e. The minimum absolute atomic E-state index is 0.167. The standard InChI is InChI=1S/C18H17F7O3/c1-16(2)10(4-5-18(23,24)25)17(16,15(26)27)6-8-11(19)13(21)9(7-28-3)14(22)12(8)20/h4-5,10H,6-7H2,1-3H3,(H,26,27)/b5-4+/t10?,17-/m0/s1. The van der Waals surface area contributed by atoms with E-state index in [2.05, 4.69) is 4.74 Å². The van der Waals surface area contributed by atoms with Gasteiger partial charge in [-0.25, -0.2) is 17.6 Å². The molecule has 0 radical (unpaired) electrons. The lowest BCUT2D eigenvalue weighted by Gasteiger charge is -2.18. The molecule has 3 nitrogen and oxygen atoms in total. The van der Waals surface area contributed by atoms with Crippen LogP contribution in [0.5, 0.6) is 0 Å². The Morgan fingerprint density at radius 3 is 1.93 bits per heavy atom. The maximum absolute atomic E-state index is 14.4. The number of halogens is 7. The number of carbonyl (C=O) groups is 1. The van der Waals surface area contributed by atoms with E-state index in [0.717, 1.165) is 7.11 Å². The Kier molecular flexibility index (Phi) is 5.59. The highest BCUT2D eigenvalue weighted by atomic mass is 19.4. The van der Waals surface area contributed by atoms with Crippen LogP contribution in [0.3, 0.4) is 0 Å². The third kappa shape index (κ3) is 3.38. The molecule has 1 aliphatic carbocycles. The van der Waals surface area contributed by atoms with Crippen molar-refractivity contribution in [2.75, 3.05) is 7.11 Å². The van der Waals surface area contributed by atoms with E-state index in [-0.39, 0.29) is 6.08 Å². The first-order chi connectivity index (χ1) is 12.7. The van der Waals surface area contributed by atoms with Gasteiger partial charge in [-0.1, -0.05) is 19.9 Å². The summed E-state index contributed by atoms with van der Waals surface area (Å²) in [7, 11) is 1.05. The molecule has 1 aromatic carbocycles. The van der Waals surface area contributed by atoms with Gasteiger partial charge in [-0.15, -0.1) is 0 Å². The van der Waals surface area contributed by atoms with Crippen LogP contribution in [0.4, 0.5) is 30.7 Å². The molecule has 28 heavy (non-hydrogen) atoms. The molecule has 0 saturated heterocycles. The van der Waals surface area contributed by atoms with Crippen molar-refractivity contribution in [3.05, 3.63) is 46.5 Å². The van der Waals surface area contributed by atoms with Crippen LogP contribution in [0, 0.1) is 40.0 Å². The van der Waals surface area contributed by atoms with Gasteiger partial charge in [-0.05, 0) is 11.8 Å². The summed E-state index contributed by atoms with van der Waals surface area (Å²) >= 11 is 0. The van der Waals surface area contributed by atoms with Crippen molar-refractivity contribution in [3.63, 3.8) is 0 Å². The van der Waals surface area contributed by atoms with E-state index in [1.54, 1.807) is 0 Å². The van der Waals surface area contributed by atoms with Gasteiger partial charge in [0, 0.05) is 24.7 Å². The largest absolute Gasteiger partial charge is 0.481 e. The first-order valence-electron chi connectivity index (χ1n) is 8.04. The molecule has 1 aromatic rings. The molecule has 10 heteroatoms. The summed E-state index contributed by atoms with van der Waals surface area (Å²) in [6.07, 6.45) is -5.32. The highest BCUT2D eigenvalue weighted by molar-refractivity contribution is 5.82. The van der Waals surface area contributed by atoms with Gasteiger partial charge in [-0.2, -0.15) is 13.2 Å². The third-order valence-electron chi connectivity index (χ3n) is 5.42. The predicted octanol–water partition coefficient (Wildman–Crippen LogP) is 4.78. The van der Waals surface area contributed by atoms with Crippen molar-refractivity contribution < 1.29 is 45.4 Å². The van der Waals surface area contributed by atoms with Crippen molar-refractivity contribution in [1.29, 1.82) is 0 Å². The van der Waals surface area contributed by atoms with Crippen LogP contribution in [-0.4, -0.2) is 24.4 Å². The lowest BCUT2D eigenvalue weighted by atomic mass is 9.87. The molecule has 156 valence electrons. The molecule has 0 heterocycles. The number of methoxy groups -OCH3 is 1. The lowest BCUT2D eigenvalue weighted by Crippen LogP contribution is -2.26. The van der Waals surface area contributed by atoms with E-state index in [0.29, 0.717) is 6.08 Å². The minimum atomic E-state index is -4.72. The normalized spacial score (nSPS) is 24.0. The molecule has 0 bridgehead atoms. The molecule has 0 amide bonds. The molecule has 2 atom stereocenters. The van der Waals surface area contributed by atoms with E-state index >= 15 is 0 Å². The van der Waals surface area contributed by atoms with Crippen LogP contribution in [0.2, 0.25) is 0 Å². The van der Waals surface area contributed by atoms with Gasteiger partial charge in [0.1, 0.15) is 0 Å². The van der Waals surface area contributed by atoms with Gasteiger partial charge < -0.3 is 9.84 Å². The van der Waals surface area contributed by atoms with Crippen LogP contribution < -0.4 is 0 Å². The van der Waals surface area contributed by atoms with E-state index in [9.17, 15) is 40.6 Å². The molecule has 0 aliphatic heterocycles. The van der Waals surface area contributed by atoms with Crippen molar-refractivity contribution >= 4 is 5.97 Å². The number of allylic oxidation sites excluding steroid dienone is 2. The number of carboxylic acids is 1. The smallest absolute Gasteiger partial charge is 0.409 e. The van der Waals surface area contributed by atoms with Crippen LogP contribution in [0.25, 0.3) is 0 Å². The molecular formula is C18H17F7O3. The second-order valence-corrected chi connectivity index (χ2v) is 7.20. The molecule has 1 N–H and O–H groups in total. The third-order valence-corrected chi connectivity index (χ3v) is 5.42. The number of aliphatic carboxylic acids is 1. The molecule has 0 aromatic heterocycles. The number of benzene rings is 1. The van der Waals surface area contributed by atoms with Gasteiger partial charge >= 0.3 is 12.1 Å². The highest BCUT2D eigenvalue weighted by Gasteiger charge is 2.74. The van der Waals surface area contributed by atoms with Gasteiger partial charge in [0.05, 0.1) is 17.6 Å². The number of alkyl halides is 3. The monoisotopic (exact) mass is 414 g/mol. The summed E-state index contributed by atoms with van der Waals surface area (Å²) in [5.41, 5.74) is -5.60. The second kappa shape index (κ2) is 7.06. The molecule has 1 saturated carbocycles.